The monoisotopic (exact) mass is 337 g/mol. The second-order valence-corrected chi connectivity index (χ2v) is 7.90. The molecule has 3 aromatic rings. The standard InChI is InChI=1S/C19H19N3OS/c1-2-5-13(6-3-1)16-11-17(16)24-19-21-20-18(14-8-9-14)22(19)12-15-7-4-10-23-15/h1-7,10,14,16-17H,8-9,11-12H2/t16-,17-/m0/s1. The molecular formula is C19H19N3OS. The molecule has 2 aliphatic carbocycles. The zero-order valence-electron chi connectivity index (χ0n) is 13.3. The molecule has 2 aromatic heterocycles. The number of hydrogen-bond donors (Lipinski definition) is 0. The lowest BCUT2D eigenvalue weighted by Gasteiger charge is -2.08. The van der Waals surface area contributed by atoms with Crippen molar-refractivity contribution >= 4 is 11.8 Å². The Morgan fingerprint density at radius 2 is 1.96 bits per heavy atom. The van der Waals surface area contributed by atoms with Gasteiger partial charge in [0, 0.05) is 11.2 Å². The van der Waals surface area contributed by atoms with E-state index in [9.17, 15) is 0 Å². The predicted molar refractivity (Wildman–Crippen MR) is 93.3 cm³/mol. The average molecular weight is 337 g/mol. The summed E-state index contributed by atoms with van der Waals surface area (Å²) in [5.41, 5.74) is 1.44. The Balaban J connectivity index is 1.36. The van der Waals surface area contributed by atoms with Crippen LogP contribution in [-0.2, 0) is 6.54 Å². The molecule has 2 atom stereocenters. The van der Waals surface area contributed by atoms with Crippen LogP contribution in [0, 0.1) is 0 Å². The first kappa shape index (κ1) is 14.3. The lowest BCUT2D eigenvalue weighted by atomic mass is 10.1. The topological polar surface area (TPSA) is 43.9 Å². The van der Waals surface area contributed by atoms with Crippen molar-refractivity contribution in [1.82, 2.24) is 14.8 Å². The third kappa shape index (κ3) is 2.77. The van der Waals surface area contributed by atoms with E-state index in [4.69, 9.17) is 4.42 Å². The van der Waals surface area contributed by atoms with Crippen molar-refractivity contribution in [2.75, 3.05) is 0 Å². The fourth-order valence-corrected chi connectivity index (χ4v) is 4.50. The quantitative estimate of drug-likeness (QED) is 0.667. The Kier molecular flexibility index (Phi) is 3.47. The normalized spacial score (nSPS) is 22.7. The summed E-state index contributed by atoms with van der Waals surface area (Å²) in [5, 5.41) is 10.6. The highest BCUT2D eigenvalue weighted by Gasteiger charge is 2.41. The second-order valence-electron chi connectivity index (χ2n) is 6.69. The molecule has 24 heavy (non-hydrogen) atoms. The van der Waals surface area contributed by atoms with E-state index in [1.807, 2.05) is 23.9 Å². The van der Waals surface area contributed by atoms with Crippen LogP contribution in [0.2, 0.25) is 0 Å². The molecule has 2 fully saturated rings. The van der Waals surface area contributed by atoms with Gasteiger partial charge in [0.05, 0.1) is 12.8 Å². The van der Waals surface area contributed by atoms with Gasteiger partial charge < -0.3 is 4.42 Å². The molecule has 2 heterocycles. The van der Waals surface area contributed by atoms with Gasteiger partial charge >= 0.3 is 0 Å². The van der Waals surface area contributed by atoms with Crippen LogP contribution in [0.1, 0.15) is 48.2 Å². The van der Waals surface area contributed by atoms with E-state index in [0.717, 1.165) is 23.3 Å². The van der Waals surface area contributed by atoms with Crippen molar-refractivity contribution in [3.63, 3.8) is 0 Å². The molecule has 0 amide bonds. The SMILES string of the molecule is c1ccc([C@@H]2C[C@@H]2Sc2nnc(C3CC3)n2Cc2ccco2)cc1. The number of aromatic nitrogens is 3. The van der Waals surface area contributed by atoms with Gasteiger partial charge in [0.1, 0.15) is 11.6 Å². The van der Waals surface area contributed by atoms with Crippen LogP contribution in [0.4, 0.5) is 0 Å². The summed E-state index contributed by atoms with van der Waals surface area (Å²) in [5.74, 6) is 3.33. The van der Waals surface area contributed by atoms with Gasteiger partial charge in [0.2, 0.25) is 0 Å². The molecule has 0 N–H and O–H groups in total. The van der Waals surface area contributed by atoms with Gasteiger partial charge in [-0.25, -0.2) is 0 Å². The van der Waals surface area contributed by atoms with E-state index >= 15 is 0 Å². The molecule has 0 spiro atoms. The number of benzene rings is 1. The first-order valence-electron chi connectivity index (χ1n) is 8.55. The number of furan rings is 1. The zero-order chi connectivity index (χ0) is 15.9. The van der Waals surface area contributed by atoms with E-state index in [1.165, 1.54) is 24.8 Å². The van der Waals surface area contributed by atoms with Gasteiger partial charge in [0.15, 0.2) is 5.16 Å². The summed E-state index contributed by atoms with van der Waals surface area (Å²) < 4.78 is 7.81. The van der Waals surface area contributed by atoms with Crippen LogP contribution < -0.4 is 0 Å². The van der Waals surface area contributed by atoms with Gasteiger partial charge in [0.25, 0.3) is 0 Å². The molecule has 122 valence electrons. The average Bonchev–Trinajstić information content (AvgIpc) is 3.51. The van der Waals surface area contributed by atoms with Crippen LogP contribution in [0.25, 0.3) is 0 Å². The third-order valence-electron chi connectivity index (χ3n) is 4.80. The molecule has 5 heteroatoms. The summed E-state index contributed by atoms with van der Waals surface area (Å²) in [6.45, 7) is 0.733. The zero-order valence-corrected chi connectivity index (χ0v) is 14.2. The van der Waals surface area contributed by atoms with Gasteiger partial charge in [-0.3, -0.25) is 4.57 Å². The Morgan fingerprint density at radius 3 is 2.71 bits per heavy atom. The summed E-state index contributed by atoms with van der Waals surface area (Å²) >= 11 is 1.87. The molecule has 0 bridgehead atoms. The highest BCUT2D eigenvalue weighted by Crippen LogP contribution is 2.52. The van der Waals surface area contributed by atoms with E-state index in [1.54, 1.807) is 6.26 Å². The molecule has 2 aliphatic rings. The third-order valence-corrected chi connectivity index (χ3v) is 6.13. The summed E-state index contributed by atoms with van der Waals surface area (Å²) in [7, 11) is 0. The van der Waals surface area contributed by atoms with Crippen LogP contribution in [0.3, 0.4) is 0 Å². The maximum atomic E-state index is 5.54. The maximum Gasteiger partial charge on any atom is 0.191 e. The van der Waals surface area contributed by atoms with Crippen molar-refractivity contribution < 1.29 is 4.42 Å². The highest BCUT2D eigenvalue weighted by molar-refractivity contribution is 8.00. The Labute approximate surface area is 145 Å². The minimum atomic E-state index is 0.589. The van der Waals surface area contributed by atoms with E-state index < -0.39 is 0 Å². The molecule has 0 radical (unpaired) electrons. The maximum absolute atomic E-state index is 5.54. The van der Waals surface area contributed by atoms with Gasteiger partial charge in [-0.1, -0.05) is 42.1 Å². The minimum absolute atomic E-state index is 0.589. The number of thioether (sulfide) groups is 1. The molecule has 1 aromatic carbocycles. The lowest BCUT2D eigenvalue weighted by Crippen LogP contribution is -2.05. The molecule has 5 rings (SSSR count). The second kappa shape index (κ2) is 5.81. The van der Waals surface area contributed by atoms with E-state index in [-0.39, 0.29) is 0 Å². The van der Waals surface area contributed by atoms with Gasteiger partial charge in [-0.2, -0.15) is 0 Å². The van der Waals surface area contributed by atoms with Crippen molar-refractivity contribution in [2.24, 2.45) is 0 Å². The largest absolute Gasteiger partial charge is 0.467 e. The van der Waals surface area contributed by atoms with E-state index in [0.29, 0.717) is 17.1 Å². The molecule has 4 nitrogen and oxygen atoms in total. The predicted octanol–water partition coefficient (Wildman–Crippen LogP) is 4.45. The van der Waals surface area contributed by atoms with Crippen molar-refractivity contribution in [3.05, 3.63) is 65.9 Å². The fraction of sp³-hybridized carbons (Fsp3) is 0.368. The number of nitrogens with zero attached hydrogens (tertiary/aromatic N) is 3. The Hall–Kier alpha value is -2.01. The number of hydrogen-bond acceptors (Lipinski definition) is 4. The number of rotatable bonds is 6. The fourth-order valence-electron chi connectivity index (χ4n) is 3.23. The summed E-state index contributed by atoms with van der Waals surface area (Å²) in [4.78, 5) is 0. The minimum Gasteiger partial charge on any atom is -0.467 e. The van der Waals surface area contributed by atoms with Crippen molar-refractivity contribution in [3.8, 4) is 0 Å². The lowest BCUT2D eigenvalue weighted by molar-refractivity contribution is 0.478. The van der Waals surface area contributed by atoms with Gasteiger partial charge in [-0.15, -0.1) is 10.2 Å². The Morgan fingerprint density at radius 1 is 1.08 bits per heavy atom. The molecule has 0 aliphatic heterocycles. The van der Waals surface area contributed by atoms with Crippen molar-refractivity contribution in [1.29, 1.82) is 0 Å². The summed E-state index contributed by atoms with van der Waals surface area (Å²) in [6, 6.07) is 14.8. The Bertz CT molecular complexity index is 824. The summed E-state index contributed by atoms with van der Waals surface area (Å²) in [6.07, 6.45) is 5.42. The molecule has 2 saturated carbocycles. The van der Waals surface area contributed by atoms with Crippen LogP contribution in [0.15, 0.2) is 58.3 Å². The molecular weight excluding hydrogens is 318 g/mol. The van der Waals surface area contributed by atoms with E-state index in [2.05, 4.69) is 45.1 Å². The van der Waals surface area contributed by atoms with Gasteiger partial charge in [-0.05, 0) is 42.9 Å². The van der Waals surface area contributed by atoms with Crippen LogP contribution in [-0.4, -0.2) is 20.0 Å². The molecule has 0 saturated heterocycles. The molecule has 0 unspecified atom stereocenters. The highest BCUT2D eigenvalue weighted by atomic mass is 32.2. The first-order chi connectivity index (χ1) is 11.9. The smallest absolute Gasteiger partial charge is 0.191 e. The first-order valence-corrected chi connectivity index (χ1v) is 9.43. The van der Waals surface area contributed by atoms with Crippen LogP contribution in [0.5, 0.6) is 0 Å². The van der Waals surface area contributed by atoms with Crippen molar-refractivity contribution in [2.45, 2.75) is 48.0 Å². The van der Waals surface area contributed by atoms with Crippen LogP contribution >= 0.6 is 11.8 Å².